The van der Waals surface area contributed by atoms with Crippen molar-refractivity contribution >= 4 is 45.2 Å². The van der Waals surface area contributed by atoms with Gasteiger partial charge in [0.15, 0.2) is 11.5 Å². The summed E-state index contributed by atoms with van der Waals surface area (Å²) in [6.45, 7) is 6.56. The summed E-state index contributed by atoms with van der Waals surface area (Å²) in [5.74, 6) is 1.10. The fourth-order valence-corrected chi connectivity index (χ4v) is 3.91. The lowest BCUT2D eigenvalue weighted by molar-refractivity contribution is -0.112. The molecule has 0 aliphatic heterocycles. The lowest BCUT2D eigenvalue weighted by Gasteiger charge is -2.14. The minimum Gasteiger partial charge on any atom is -0.490 e. The van der Waals surface area contributed by atoms with Gasteiger partial charge in [0.05, 0.1) is 11.1 Å². The predicted octanol–water partition coefficient (Wildman–Crippen LogP) is 7.19. The summed E-state index contributed by atoms with van der Waals surface area (Å²) in [5, 5.41) is 13.0. The van der Waals surface area contributed by atoms with Crippen LogP contribution in [0, 0.1) is 11.3 Å². The first kappa shape index (κ1) is 26.9. The lowest BCUT2D eigenvalue weighted by atomic mass is 10.1. The van der Waals surface area contributed by atoms with Crippen LogP contribution in [0.4, 0.5) is 5.69 Å². The second kappa shape index (κ2) is 13.4. The summed E-state index contributed by atoms with van der Waals surface area (Å²) in [4.78, 5) is 12.8. The molecule has 184 valence electrons. The van der Waals surface area contributed by atoms with Gasteiger partial charge in [-0.3, -0.25) is 4.79 Å². The molecule has 0 aliphatic carbocycles. The van der Waals surface area contributed by atoms with Crippen LogP contribution in [0.15, 0.2) is 83.4 Å². The molecule has 36 heavy (non-hydrogen) atoms. The van der Waals surface area contributed by atoms with Crippen molar-refractivity contribution in [2.45, 2.75) is 13.5 Å². The number of carbonyl (C=O) groups is 1. The first-order chi connectivity index (χ1) is 17.4. The summed E-state index contributed by atoms with van der Waals surface area (Å²) in [6.07, 6.45) is 3.12. The second-order valence-electron chi connectivity index (χ2n) is 7.39. The van der Waals surface area contributed by atoms with E-state index < -0.39 is 5.91 Å². The summed E-state index contributed by atoms with van der Waals surface area (Å²) in [7, 11) is 0. The normalized spacial score (nSPS) is 10.8. The summed E-state index contributed by atoms with van der Waals surface area (Å²) in [5.41, 5.74) is 1.94. The Balaban J connectivity index is 1.70. The standard InChI is InChI=1S/C28H24BrClN2O4/c1-3-13-35-27-24(29)15-19(16-26(27)34-4-2)14-21(17-31)28(33)32-22-9-11-23(12-10-22)36-18-20-7-5-6-8-25(20)30/h3,5-12,14-16H,1,4,13,18H2,2H3,(H,32,33)/b21-14+. The van der Waals surface area contributed by atoms with Crippen molar-refractivity contribution < 1.29 is 19.0 Å². The number of halogens is 2. The minimum absolute atomic E-state index is 0.0665. The molecule has 1 amide bonds. The molecule has 3 rings (SSSR count). The average molecular weight is 568 g/mol. The number of amides is 1. The van der Waals surface area contributed by atoms with E-state index in [1.165, 1.54) is 6.08 Å². The lowest BCUT2D eigenvalue weighted by Crippen LogP contribution is -2.13. The molecule has 0 heterocycles. The van der Waals surface area contributed by atoms with Crippen molar-refractivity contribution in [2.24, 2.45) is 0 Å². The molecule has 0 saturated heterocycles. The molecule has 3 aromatic rings. The zero-order chi connectivity index (χ0) is 25.9. The maximum absolute atomic E-state index is 12.8. The molecule has 0 unspecified atom stereocenters. The number of hydrogen-bond acceptors (Lipinski definition) is 5. The van der Waals surface area contributed by atoms with E-state index in [1.54, 1.807) is 48.5 Å². The van der Waals surface area contributed by atoms with E-state index in [1.807, 2.05) is 31.2 Å². The zero-order valence-corrected chi connectivity index (χ0v) is 21.9. The smallest absolute Gasteiger partial charge is 0.266 e. The molecule has 0 spiro atoms. The van der Waals surface area contributed by atoms with E-state index in [2.05, 4.69) is 27.8 Å². The monoisotopic (exact) mass is 566 g/mol. The highest BCUT2D eigenvalue weighted by Gasteiger charge is 2.14. The third-order valence-corrected chi connectivity index (χ3v) is 5.78. The van der Waals surface area contributed by atoms with E-state index in [0.29, 0.717) is 57.8 Å². The highest BCUT2D eigenvalue weighted by molar-refractivity contribution is 9.10. The highest BCUT2D eigenvalue weighted by atomic mass is 79.9. The Morgan fingerprint density at radius 3 is 2.56 bits per heavy atom. The fraction of sp³-hybridized carbons (Fsp3) is 0.143. The maximum Gasteiger partial charge on any atom is 0.266 e. The fourth-order valence-electron chi connectivity index (χ4n) is 3.14. The zero-order valence-electron chi connectivity index (χ0n) is 19.6. The van der Waals surface area contributed by atoms with E-state index in [4.69, 9.17) is 25.8 Å². The van der Waals surface area contributed by atoms with Gasteiger partial charge in [0.2, 0.25) is 0 Å². The van der Waals surface area contributed by atoms with Gasteiger partial charge in [-0.15, -0.1) is 0 Å². The Hall–Kier alpha value is -3.73. The number of hydrogen-bond donors (Lipinski definition) is 1. The van der Waals surface area contributed by atoms with Crippen molar-refractivity contribution in [3.8, 4) is 23.3 Å². The first-order valence-electron chi connectivity index (χ1n) is 11.0. The van der Waals surface area contributed by atoms with Crippen molar-refractivity contribution in [1.82, 2.24) is 0 Å². The number of anilines is 1. The van der Waals surface area contributed by atoms with Gasteiger partial charge in [-0.05, 0) is 77.0 Å². The van der Waals surface area contributed by atoms with Gasteiger partial charge in [-0.1, -0.05) is 42.5 Å². The molecule has 0 bridgehead atoms. The molecule has 3 aromatic carbocycles. The molecule has 0 aliphatic rings. The van der Waals surface area contributed by atoms with Crippen LogP contribution in [-0.4, -0.2) is 19.1 Å². The van der Waals surface area contributed by atoms with Crippen LogP contribution >= 0.6 is 27.5 Å². The van der Waals surface area contributed by atoms with E-state index >= 15 is 0 Å². The van der Waals surface area contributed by atoms with Gasteiger partial charge >= 0.3 is 0 Å². The number of carbonyl (C=O) groups excluding carboxylic acids is 1. The SMILES string of the molecule is C=CCOc1c(Br)cc(/C=C(\C#N)C(=O)Nc2ccc(OCc3ccccc3Cl)cc2)cc1OCC. The Kier molecular flexibility index (Phi) is 9.99. The van der Waals surface area contributed by atoms with Crippen molar-refractivity contribution in [1.29, 1.82) is 5.26 Å². The first-order valence-corrected chi connectivity index (χ1v) is 12.2. The van der Waals surface area contributed by atoms with E-state index in [-0.39, 0.29) is 5.57 Å². The van der Waals surface area contributed by atoms with Gasteiger partial charge < -0.3 is 19.5 Å². The van der Waals surface area contributed by atoms with Crippen LogP contribution in [0.1, 0.15) is 18.1 Å². The summed E-state index contributed by atoms with van der Waals surface area (Å²) >= 11 is 9.62. The quantitative estimate of drug-likeness (QED) is 0.151. The Bertz CT molecular complexity index is 1300. The largest absolute Gasteiger partial charge is 0.490 e. The molecule has 1 N–H and O–H groups in total. The average Bonchev–Trinajstić information content (AvgIpc) is 2.87. The molecule has 8 heteroatoms. The molecule has 0 atom stereocenters. The van der Waals surface area contributed by atoms with Crippen molar-refractivity contribution in [3.63, 3.8) is 0 Å². The highest BCUT2D eigenvalue weighted by Crippen LogP contribution is 2.37. The van der Waals surface area contributed by atoms with Crippen LogP contribution < -0.4 is 19.5 Å². The third kappa shape index (κ3) is 7.38. The van der Waals surface area contributed by atoms with Crippen molar-refractivity contribution in [2.75, 3.05) is 18.5 Å². The Morgan fingerprint density at radius 2 is 1.89 bits per heavy atom. The number of rotatable bonds is 11. The van der Waals surface area contributed by atoms with Crippen LogP contribution in [0.3, 0.4) is 0 Å². The number of nitrogens with zero attached hydrogens (tertiary/aromatic N) is 1. The summed E-state index contributed by atoms with van der Waals surface area (Å²) in [6, 6.07) is 19.7. The van der Waals surface area contributed by atoms with Crippen LogP contribution in [-0.2, 0) is 11.4 Å². The van der Waals surface area contributed by atoms with Gasteiger partial charge in [0.1, 0.15) is 30.6 Å². The molecule has 0 saturated carbocycles. The van der Waals surface area contributed by atoms with E-state index in [9.17, 15) is 10.1 Å². The van der Waals surface area contributed by atoms with Crippen LogP contribution in [0.5, 0.6) is 17.2 Å². The van der Waals surface area contributed by atoms with Gasteiger partial charge in [-0.25, -0.2) is 0 Å². The Labute approximate surface area is 223 Å². The van der Waals surface area contributed by atoms with Gasteiger partial charge in [-0.2, -0.15) is 5.26 Å². The molecular weight excluding hydrogens is 544 g/mol. The third-order valence-electron chi connectivity index (χ3n) is 4.82. The molecule has 6 nitrogen and oxygen atoms in total. The number of ether oxygens (including phenoxy) is 3. The molecular formula is C28H24BrClN2O4. The number of nitrogens with one attached hydrogen (secondary N) is 1. The number of benzene rings is 3. The number of nitriles is 1. The minimum atomic E-state index is -0.539. The van der Waals surface area contributed by atoms with Gasteiger partial charge in [0, 0.05) is 16.3 Å². The Morgan fingerprint density at radius 1 is 1.14 bits per heavy atom. The van der Waals surface area contributed by atoms with Crippen molar-refractivity contribution in [3.05, 3.63) is 99.5 Å². The molecule has 0 fully saturated rings. The predicted molar refractivity (Wildman–Crippen MR) is 145 cm³/mol. The van der Waals surface area contributed by atoms with Crippen LogP contribution in [0.2, 0.25) is 5.02 Å². The summed E-state index contributed by atoms with van der Waals surface area (Å²) < 4.78 is 17.7. The van der Waals surface area contributed by atoms with Crippen LogP contribution in [0.25, 0.3) is 6.08 Å². The molecule has 0 radical (unpaired) electrons. The topological polar surface area (TPSA) is 80.6 Å². The maximum atomic E-state index is 12.8. The second-order valence-corrected chi connectivity index (χ2v) is 8.65. The van der Waals surface area contributed by atoms with E-state index in [0.717, 1.165) is 5.56 Å². The van der Waals surface area contributed by atoms with Gasteiger partial charge in [0.25, 0.3) is 5.91 Å². The molecule has 0 aromatic heterocycles.